The summed E-state index contributed by atoms with van der Waals surface area (Å²) in [5, 5.41) is 3.23. The fraction of sp³-hybridized carbons (Fsp3) is 0.240. The minimum atomic E-state index is -2.36. The Morgan fingerprint density at radius 3 is 2.69 bits per heavy atom. The SMILES string of the molecule is Cc1ncc(-c2ccc3c(c2)c(NS(=O)O)cn3CC(=O)N2C[C@H](F)C[C@H]2C(=O)Nc2cccc(Br)n2)cn1. The first-order valence-corrected chi connectivity index (χ1v) is 13.7. The number of nitrogens with zero attached hydrogens (tertiary/aromatic N) is 5. The van der Waals surface area contributed by atoms with Crippen molar-refractivity contribution < 1.29 is 22.7 Å². The minimum Gasteiger partial charge on any atom is -0.336 e. The maximum absolute atomic E-state index is 14.4. The van der Waals surface area contributed by atoms with Gasteiger partial charge in [0.25, 0.3) is 11.3 Å². The van der Waals surface area contributed by atoms with Gasteiger partial charge in [-0.25, -0.2) is 23.6 Å². The lowest BCUT2D eigenvalue weighted by Gasteiger charge is -2.24. The van der Waals surface area contributed by atoms with E-state index < -0.39 is 35.3 Å². The van der Waals surface area contributed by atoms with E-state index in [1.54, 1.807) is 54.2 Å². The maximum Gasteiger partial charge on any atom is 0.259 e. The Hall–Kier alpha value is -3.75. The van der Waals surface area contributed by atoms with Crippen LogP contribution in [-0.2, 0) is 27.4 Å². The molecule has 4 heterocycles. The number of anilines is 2. The summed E-state index contributed by atoms with van der Waals surface area (Å²) in [5.41, 5.74) is 2.45. The quantitative estimate of drug-likeness (QED) is 0.212. The highest BCUT2D eigenvalue weighted by Gasteiger charge is 2.40. The van der Waals surface area contributed by atoms with Crippen molar-refractivity contribution in [3.8, 4) is 11.1 Å². The van der Waals surface area contributed by atoms with Crippen LogP contribution in [0.2, 0.25) is 0 Å². The van der Waals surface area contributed by atoms with Crippen LogP contribution in [0.1, 0.15) is 12.2 Å². The minimum absolute atomic E-state index is 0.129. The van der Waals surface area contributed by atoms with Gasteiger partial charge in [0.1, 0.15) is 35.0 Å². The van der Waals surface area contributed by atoms with E-state index in [0.717, 1.165) is 11.1 Å². The molecule has 1 aliphatic heterocycles. The summed E-state index contributed by atoms with van der Waals surface area (Å²) in [6, 6.07) is 9.38. The average molecular weight is 616 g/mol. The van der Waals surface area contributed by atoms with Crippen molar-refractivity contribution in [2.75, 3.05) is 16.6 Å². The van der Waals surface area contributed by atoms with Crippen LogP contribution in [0.25, 0.3) is 22.0 Å². The van der Waals surface area contributed by atoms with E-state index in [1.807, 2.05) is 6.07 Å². The highest BCUT2D eigenvalue weighted by Crippen LogP contribution is 2.32. The Balaban J connectivity index is 1.41. The molecule has 11 nitrogen and oxygen atoms in total. The van der Waals surface area contributed by atoms with E-state index in [9.17, 15) is 22.7 Å². The second kappa shape index (κ2) is 11.2. The first-order valence-electron chi connectivity index (χ1n) is 11.8. The monoisotopic (exact) mass is 615 g/mol. The third-order valence-corrected chi connectivity index (χ3v) is 7.17. The number of amides is 2. The second-order valence-corrected chi connectivity index (χ2v) is 10.5. The number of nitrogens with one attached hydrogen (secondary N) is 2. The lowest BCUT2D eigenvalue weighted by atomic mass is 10.1. The van der Waals surface area contributed by atoms with Crippen molar-refractivity contribution in [3.63, 3.8) is 0 Å². The molecule has 0 bridgehead atoms. The van der Waals surface area contributed by atoms with E-state index in [0.29, 0.717) is 27.0 Å². The Kier molecular flexibility index (Phi) is 7.68. The maximum atomic E-state index is 14.4. The zero-order valence-electron chi connectivity index (χ0n) is 20.5. The molecule has 1 aliphatic rings. The Morgan fingerprint density at radius 2 is 1.97 bits per heavy atom. The lowest BCUT2D eigenvalue weighted by molar-refractivity contribution is -0.137. The number of rotatable bonds is 7. The number of fused-ring (bicyclic) bond motifs is 1. The summed E-state index contributed by atoms with van der Waals surface area (Å²) >= 11 is 0.877. The van der Waals surface area contributed by atoms with Crippen LogP contribution in [0.4, 0.5) is 15.9 Å². The number of halogens is 2. The first-order chi connectivity index (χ1) is 18.7. The van der Waals surface area contributed by atoms with Gasteiger partial charge < -0.3 is 14.8 Å². The number of hydrogen-bond acceptors (Lipinski definition) is 6. The van der Waals surface area contributed by atoms with Crippen LogP contribution in [0.15, 0.2) is 59.6 Å². The number of aryl methyl sites for hydroxylation is 1. The molecule has 0 saturated carbocycles. The molecule has 3 N–H and O–H groups in total. The van der Waals surface area contributed by atoms with Gasteiger partial charge in [-0.05, 0) is 52.7 Å². The number of alkyl halides is 1. The molecule has 1 unspecified atom stereocenters. The van der Waals surface area contributed by atoms with Crippen molar-refractivity contribution in [2.24, 2.45) is 0 Å². The van der Waals surface area contributed by atoms with Crippen LogP contribution in [0, 0.1) is 6.92 Å². The molecule has 3 aromatic heterocycles. The highest BCUT2D eigenvalue weighted by molar-refractivity contribution is 9.10. The molecule has 5 rings (SSSR count). The molecular formula is C25H23BrFN7O4S. The first kappa shape index (κ1) is 26.8. The molecule has 202 valence electrons. The van der Waals surface area contributed by atoms with Crippen molar-refractivity contribution >= 4 is 61.4 Å². The van der Waals surface area contributed by atoms with Gasteiger partial charge in [0, 0.05) is 36.0 Å². The molecular weight excluding hydrogens is 593 g/mol. The van der Waals surface area contributed by atoms with Gasteiger partial charge in [0.05, 0.1) is 17.7 Å². The molecule has 1 fully saturated rings. The summed E-state index contributed by atoms with van der Waals surface area (Å²) < 4.78 is 40.1. The van der Waals surface area contributed by atoms with E-state index in [4.69, 9.17) is 0 Å². The normalized spacial score (nSPS) is 17.8. The lowest BCUT2D eigenvalue weighted by Crippen LogP contribution is -2.44. The topological polar surface area (TPSA) is 142 Å². The van der Waals surface area contributed by atoms with E-state index in [2.05, 4.69) is 40.9 Å². The van der Waals surface area contributed by atoms with Crippen LogP contribution >= 0.6 is 15.9 Å². The molecule has 1 aromatic carbocycles. The third-order valence-electron chi connectivity index (χ3n) is 6.34. The number of hydrogen-bond donors (Lipinski definition) is 3. The number of aromatic nitrogens is 4. The fourth-order valence-corrected chi connectivity index (χ4v) is 5.25. The zero-order chi connectivity index (χ0) is 27.7. The molecule has 0 aliphatic carbocycles. The van der Waals surface area contributed by atoms with Crippen molar-refractivity contribution in [2.45, 2.75) is 32.1 Å². The standard InChI is InChI=1S/C25H23BrFN7O4S/c1-14-28-9-16(10-29-14)15-5-6-20-18(7-15)19(32-39(37)38)12-33(20)13-24(35)34-11-17(27)8-21(34)25(36)31-23-4-2-3-22(26)30-23/h2-7,9-10,12,17,21,32H,8,11,13H2,1H3,(H,37,38)(H,30,31,36)/t17-,21+/m1/s1. The Bertz CT molecular complexity index is 1580. The second-order valence-electron chi connectivity index (χ2n) is 9.00. The predicted octanol–water partition coefficient (Wildman–Crippen LogP) is 3.69. The summed E-state index contributed by atoms with van der Waals surface area (Å²) in [4.78, 5) is 40.1. The largest absolute Gasteiger partial charge is 0.336 e. The number of carbonyl (C=O) groups is 2. The van der Waals surface area contributed by atoms with Crippen LogP contribution < -0.4 is 10.0 Å². The van der Waals surface area contributed by atoms with Crippen molar-refractivity contribution in [1.29, 1.82) is 0 Å². The smallest absolute Gasteiger partial charge is 0.259 e. The highest BCUT2D eigenvalue weighted by atomic mass is 79.9. The molecule has 39 heavy (non-hydrogen) atoms. The Labute approximate surface area is 233 Å². The summed E-state index contributed by atoms with van der Waals surface area (Å²) in [7, 11) is 0. The van der Waals surface area contributed by atoms with Crippen LogP contribution in [-0.4, -0.2) is 63.8 Å². The molecule has 2 amide bonds. The van der Waals surface area contributed by atoms with Crippen LogP contribution in [0.5, 0.6) is 0 Å². The van der Waals surface area contributed by atoms with Crippen molar-refractivity contribution in [1.82, 2.24) is 24.4 Å². The van der Waals surface area contributed by atoms with Gasteiger partial charge in [-0.3, -0.25) is 18.9 Å². The zero-order valence-corrected chi connectivity index (χ0v) is 22.9. The van der Waals surface area contributed by atoms with Crippen LogP contribution in [0.3, 0.4) is 0 Å². The molecule has 0 spiro atoms. The average Bonchev–Trinajstić information content (AvgIpc) is 3.44. The van der Waals surface area contributed by atoms with Crippen molar-refractivity contribution in [3.05, 3.63) is 65.4 Å². The molecule has 14 heteroatoms. The number of likely N-dealkylation sites (tertiary alicyclic amines) is 1. The molecule has 3 atom stereocenters. The van der Waals surface area contributed by atoms with Gasteiger partial charge in [-0.1, -0.05) is 12.1 Å². The summed E-state index contributed by atoms with van der Waals surface area (Å²) in [6.07, 6.45) is 3.41. The fourth-order valence-electron chi connectivity index (χ4n) is 4.56. The summed E-state index contributed by atoms with van der Waals surface area (Å²) in [6.45, 7) is 1.35. The summed E-state index contributed by atoms with van der Waals surface area (Å²) in [5.74, 6) is -0.0978. The van der Waals surface area contributed by atoms with E-state index in [-0.39, 0.29) is 25.3 Å². The van der Waals surface area contributed by atoms with Gasteiger partial charge in [0.2, 0.25) is 11.8 Å². The predicted molar refractivity (Wildman–Crippen MR) is 148 cm³/mol. The molecule has 4 aromatic rings. The van der Waals surface area contributed by atoms with Gasteiger partial charge in [0.15, 0.2) is 0 Å². The number of benzene rings is 1. The van der Waals surface area contributed by atoms with Gasteiger partial charge in [-0.2, -0.15) is 0 Å². The van der Waals surface area contributed by atoms with Gasteiger partial charge >= 0.3 is 0 Å². The van der Waals surface area contributed by atoms with Gasteiger partial charge in [-0.15, -0.1) is 0 Å². The number of pyridine rings is 1. The third kappa shape index (κ3) is 5.97. The number of carbonyl (C=O) groups excluding carboxylic acids is 2. The molecule has 0 radical (unpaired) electrons. The Morgan fingerprint density at radius 1 is 1.21 bits per heavy atom. The molecule has 1 saturated heterocycles. The van der Waals surface area contributed by atoms with E-state index in [1.165, 1.54) is 11.1 Å². The van der Waals surface area contributed by atoms with E-state index >= 15 is 0 Å².